The van der Waals surface area contributed by atoms with Crippen LogP contribution in [0.4, 0.5) is 11.6 Å². The van der Waals surface area contributed by atoms with Gasteiger partial charge in [-0.15, -0.1) is 0 Å². The summed E-state index contributed by atoms with van der Waals surface area (Å²) in [4.78, 5) is 10.6. The van der Waals surface area contributed by atoms with E-state index in [1.54, 1.807) is 0 Å². The van der Waals surface area contributed by atoms with Gasteiger partial charge in [-0.05, 0) is 13.3 Å². The molecule has 2 unspecified atom stereocenters. The van der Waals surface area contributed by atoms with Crippen LogP contribution >= 0.6 is 0 Å². The Bertz CT molecular complexity index is 417. The van der Waals surface area contributed by atoms with E-state index in [-0.39, 0.29) is 0 Å². The highest BCUT2D eigenvalue weighted by Gasteiger charge is 2.31. The van der Waals surface area contributed by atoms with Crippen molar-refractivity contribution < 1.29 is 10.2 Å². The molecule has 1 aliphatic rings. The predicted molar refractivity (Wildman–Crippen MR) is 74.4 cm³/mol. The summed E-state index contributed by atoms with van der Waals surface area (Å²) in [7, 11) is 0. The number of aliphatic hydroxyl groups is 2. The Balaban J connectivity index is 2.31. The molecule has 19 heavy (non-hydrogen) atoms. The molecule has 6 heteroatoms. The maximum Gasteiger partial charge on any atom is 0.137 e. The third-order valence-electron chi connectivity index (χ3n) is 3.33. The lowest BCUT2D eigenvalue weighted by molar-refractivity contribution is 0.0572. The van der Waals surface area contributed by atoms with Crippen molar-refractivity contribution in [3.63, 3.8) is 0 Å². The number of hydrogen-bond donors (Lipinski definition) is 3. The first kappa shape index (κ1) is 14.0. The number of β-amino-alcohol motifs (C(OH)–C–C–N with tert-alkyl or cyclic N) is 2. The summed E-state index contributed by atoms with van der Waals surface area (Å²) in [5, 5.41) is 22.6. The number of hydrogen-bond acceptors (Lipinski definition) is 6. The third-order valence-corrected chi connectivity index (χ3v) is 3.33. The van der Waals surface area contributed by atoms with Crippen LogP contribution in [0.5, 0.6) is 0 Å². The van der Waals surface area contributed by atoms with E-state index in [0.29, 0.717) is 13.1 Å². The SMILES string of the molecule is CCCc1c(NCC)ncnc1N1CC(O)C(O)C1. The Morgan fingerprint density at radius 1 is 1.26 bits per heavy atom. The minimum atomic E-state index is -0.702. The lowest BCUT2D eigenvalue weighted by atomic mass is 10.1. The fourth-order valence-corrected chi connectivity index (χ4v) is 2.42. The van der Waals surface area contributed by atoms with Gasteiger partial charge in [0.15, 0.2) is 0 Å². The van der Waals surface area contributed by atoms with E-state index in [9.17, 15) is 10.2 Å². The Hall–Kier alpha value is -1.40. The van der Waals surface area contributed by atoms with Crippen molar-refractivity contribution in [2.75, 3.05) is 29.9 Å². The van der Waals surface area contributed by atoms with E-state index < -0.39 is 12.2 Å². The van der Waals surface area contributed by atoms with Crippen LogP contribution in [0.3, 0.4) is 0 Å². The van der Waals surface area contributed by atoms with Crippen molar-refractivity contribution in [3.05, 3.63) is 11.9 Å². The summed E-state index contributed by atoms with van der Waals surface area (Å²) in [6.45, 7) is 5.78. The number of nitrogens with zero attached hydrogens (tertiary/aromatic N) is 3. The highest BCUT2D eigenvalue weighted by Crippen LogP contribution is 2.27. The van der Waals surface area contributed by atoms with Crippen LogP contribution in [-0.2, 0) is 6.42 Å². The molecule has 1 fully saturated rings. The number of rotatable bonds is 5. The van der Waals surface area contributed by atoms with Gasteiger partial charge in [-0.1, -0.05) is 13.3 Å². The molecule has 1 aromatic heterocycles. The first-order valence-corrected chi connectivity index (χ1v) is 6.86. The lowest BCUT2D eigenvalue weighted by Gasteiger charge is -2.21. The molecule has 6 nitrogen and oxygen atoms in total. The Labute approximate surface area is 113 Å². The van der Waals surface area contributed by atoms with E-state index in [2.05, 4.69) is 22.2 Å². The molecule has 2 rings (SSSR count). The average Bonchev–Trinajstić information content (AvgIpc) is 2.72. The van der Waals surface area contributed by atoms with Gasteiger partial charge in [-0.25, -0.2) is 9.97 Å². The minimum Gasteiger partial charge on any atom is -0.389 e. The van der Waals surface area contributed by atoms with Crippen LogP contribution < -0.4 is 10.2 Å². The lowest BCUT2D eigenvalue weighted by Crippen LogP contribution is -2.24. The van der Waals surface area contributed by atoms with Crippen LogP contribution in [0.2, 0.25) is 0 Å². The van der Waals surface area contributed by atoms with Crippen molar-refractivity contribution in [1.29, 1.82) is 0 Å². The second-order valence-electron chi connectivity index (χ2n) is 4.84. The predicted octanol–water partition coefficient (Wildman–Crippen LogP) is 0.403. The first-order valence-electron chi connectivity index (χ1n) is 6.86. The van der Waals surface area contributed by atoms with E-state index in [1.165, 1.54) is 6.33 Å². The first-order chi connectivity index (χ1) is 9.17. The number of anilines is 2. The van der Waals surface area contributed by atoms with Gasteiger partial charge in [0.25, 0.3) is 0 Å². The highest BCUT2D eigenvalue weighted by atomic mass is 16.3. The normalized spacial score (nSPS) is 22.8. The van der Waals surface area contributed by atoms with E-state index in [0.717, 1.165) is 36.6 Å². The molecule has 0 spiro atoms. The molecule has 1 aliphatic heterocycles. The topological polar surface area (TPSA) is 81.5 Å². The molecule has 2 heterocycles. The van der Waals surface area contributed by atoms with Crippen LogP contribution in [0, 0.1) is 0 Å². The van der Waals surface area contributed by atoms with E-state index in [1.807, 2.05) is 11.8 Å². The molecule has 106 valence electrons. The fourth-order valence-electron chi connectivity index (χ4n) is 2.42. The van der Waals surface area contributed by atoms with Crippen molar-refractivity contribution >= 4 is 11.6 Å². The maximum absolute atomic E-state index is 9.67. The molecular weight excluding hydrogens is 244 g/mol. The van der Waals surface area contributed by atoms with Crippen LogP contribution in [-0.4, -0.2) is 52.0 Å². The van der Waals surface area contributed by atoms with Crippen molar-refractivity contribution in [2.24, 2.45) is 0 Å². The van der Waals surface area contributed by atoms with E-state index >= 15 is 0 Å². The Morgan fingerprint density at radius 2 is 1.95 bits per heavy atom. The monoisotopic (exact) mass is 266 g/mol. The van der Waals surface area contributed by atoms with Gasteiger partial charge in [0.05, 0.1) is 12.2 Å². The average molecular weight is 266 g/mol. The summed E-state index contributed by atoms with van der Waals surface area (Å²) in [6, 6.07) is 0. The quantitative estimate of drug-likeness (QED) is 0.716. The van der Waals surface area contributed by atoms with Crippen LogP contribution in [0.25, 0.3) is 0 Å². The van der Waals surface area contributed by atoms with Gasteiger partial charge < -0.3 is 20.4 Å². The molecule has 0 radical (unpaired) electrons. The Morgan fingerprint density at radius 3 is 2.53 bits per heavy atom. The van der Waals surface area contributed by atoms with Gasteiger partial charge in [-0.3, -0.25) is 0 Å². The summed E-state index contributed by atoms with van der Waals surface area (Å²) in [6.07, 6.45) is 2.00. The maximum atomic E-state index is 9.67. The molecular formula is C13H22N4O2. The number of aromatic nitrogens is 2. The number of nitrogens with one attached hydrogen (secondary N) is 1. The molecule has 0 aromatic carbocycles. The van der Waals surface area contributed by atoms with Gasteiger partial charge in [0, 0.05) is 25.2 Å². The van der Waals surface area contributed by atoms with Crippen LogP contribution in [0.15, 0.2) is 6.33 Å². The van der Waals surface area contributed by atoms with Crippen molar-refractivity contribution in [3.8, 4) is 0 Å². The van der Waals surface area contributed by atoms with Crippen molar-refractivity contribution in [1.82, 2.24) is 9.97 Å². The molecule has 0 saturated carbocycles. The molecule has 2 atom stereocenters. The smallest absolute Gasteiger partial charge is 0.137 e. The van der Waals surface area contributed by atoms with Gasteiger partial charge in [0.2, 0.25) is 0 Å². The summed E-state index contributed by atoms with van der Waals surface area (Å²) in [5.41, 5.74) is 1.06. The third kappa shape index (κ3) is 2.96. The van der Waals surface area contributed by atoms with Crippen LogP contribution in [0.1, 0.15) is 25.8 Å². The standard InChI is InChI=1S/C13H22N4O2/c1-3-5-9-12(14-4-2)15-8-16-13(9)17-6-10(18)11(19)7-17/h8,10-11,18-19H,3-7H2,1-2H3,(H,14,15,16). The molecule has 1 saturated heterocycles. The zero-order chi connectivity index (χ0) is 13.8. The van der Waals surface area contributed by atoms with Gasteiger partial charge in [-0.2, -0.15) is 0 Å². The van der Waals surface area contributed by atoms with Gasteiger partial charge in [0.1, 0.15) is 18.0 Å². The van der Waals surface area contributed by atoms with Crippen molar-refractivity contribution in [2.45, 2.75) is 38.9 Å². The molecule has 0 amide bonds. The Kier molecular flexibility index (Phi) is 4.55. The van der Waals surface area contributed by atoms with E-state index in [4.69, 9.17) is 0 Å². The zero-order valence-corrected chi connectivity index (χ0v) is 11.5. The second kappa shape index (κ2) is 6.16. The fraction of sp³-hybridized carbons (Fsp3) is 0.692. The molecule has 3 N–H and O–H groups in total. The highest BCUT2D eigenvalue weighted by molar-refractivity contribution is 5.59. The summed E-state index contributed by atoms with van der Waals surface area (Å²) >= 11 is 0. The molecule has 0 aliphatic carbocycles. The summed E-state index contributed by atoms with van der Waals surface area (Å²) in [5.74, 6) is 1.67. The summed E-state index contributed by atoms with van der Waals surface area (Å²) < 4.78 is 0. The second-order valence-corrected chi connectivity index (χ2v) is 4.84. The van der Waals surface area contributed by atoms with Gasteiger partial charge >= 0.3 is 0 Å². The largest absolute Gasteiger partial charge is 0.389 e. The minimum absolute atomic E-state index is 0.417. The zero-order valence-electron chi connectivity index (χ0n) is 11.5. The molecule has 1 aromatic rings. The number of aliphatic hydroxyl groups excluding tert-OH is 2. The molecule has 0 bridgehead atoms.